The Morgan fingerprint density at radius 2 is 2.50 bits per heavy atom. The van der Waals surface area contributed by atoms with Crippen LogP contribution in [0.5, 0.6) is 0 Å². The van der Waals surface area contributed by atoms with Gasteiger partial charge in [-0.15, -0.1) is 5.48 Å². The second-order valence-corrected chi connectivity index (χ2v) is 2.72. The van der Waals surface area contributed by atoms with Crippen LogP contribution in [0.4, 0.5) is 5.82 Å². The molecule has 2 N–H and O–H groups in total. The summed E-state index contributed by atoms with van der Waals surface area (Å²) in [5.41, 5.74) is 4.92. The van der Waals surface area contributed by atoms with Crippen molar-refractivity contribution in [2.45, 2.75) is 6.04 Å². The van der Waals surface area contributed by atoms with E-state index in [1.807, 2.05) is 0 Å². The van der Waals surface area contributed by atoms with E-state index in [1.54, 1.807) is 18.7 Å². The highest BCUT2D eigenvalue weighted by Gasteiger charge is 2.27. The first-order valence-electron chi connectivity index (χ1n) is 3.64. The first-order chi connectivity index (χ1) is 5.95. The molecule has 2 aliphatic heterocycles. The van der Waals surface area contributed by atoms with Crippen LogP contribution in [0, 0.1) is 0 Å². The van der Waals surface area contributed by atoms with Gasteiger partial charge in [0.15, 0.2) is 5.82 Å². The van der Waals surface area contributed by atoms with Crippen LogP contribution in [-0.4, -0.2) is 16.4 Å². The van der Waals surface area contributed by atoms with E-state index in [0.29, 0.717) is 0 Å². The third-order valence-electron chi connectivity index (χ3n) is 2.02. The smallest absolute Gasteiger partial charge is 0.153 e. The van der Waals surface area contributed by atoms with Gasteiger partial charge in [-0.05, 0) is 0 Å². The number of rotatable bonds is 0. The molecule has 0 aliphatic carbocycles. The van der Waals surface area contributed by atoms with E-state index in [1.165, 1.54) is 0 Å². The minimum atomic E-state index is 0.0937. The Labute approximate surface area is 68.1 Å². The fourth-order valence-electron chi connectivity index (χ4n) is 1.40. The SMILES string of the molecule is C1=Nc2[nH]ncc2C2NOC=C12. The summed E-state index contributed by atoms with van der Waals surface area (Å²) in [5.74, 6) is 0.801. The van der Waals surface area contributed by atoms with Gasteiger partial charge >= 0.3 is 0 Å². The summed E-state index contributed by atoms with van der Waals surface area (Å²) in [6, 6.07) is 0.0937. The van der Waals surface area contributed by atoms with E-state index in [9.17, 15) is 0 Å². The summed E-state index contributed by atoms with van der Waals surface area (Å²) >= 11 is 0. The van der Waals surface area contributed by atoms with Crippen LogP contribution in [0.25, 0.3) is 0 Å². The van der Waals surface area contributed by atoms with Crippen molar-refractivity contribution in [1.29, 1.82) is 0 Å². The zero-order chi connectivity index (χ0) is 7.97. The summed E-state index contributed by atoms with van der Waals surface area (Å²) < 4.78 is 0. The maximum absolute atomic E-state index is 4.97. The Morgan fingerprint density at radius 3 is 3.50 bits per heavy atom. The molecule has 1 unspecified atom stereocenters. The van der Waals surface area contributed by atoms with Gasteiger partial charge in [0, 0.05) is 17.4 Å². The van der Waals surface area contributed by atoms with Crippen molar-refractivity contribution < 1.29 is 4.84 Å². The van der Waals surface area contributed by atoms with E-state index >= 15 is 0 Å². The first kappa shape index (κ1) is 5.96. The first-order valence-corrected chi connectivity index (χ1v) is 3.64. The molecule has 3 rings (SSSR count). The van der Waals surface area contributed by atoms with Gasteiger partial charge < -0.3 is 4.84 Å². The summed E-state index contributed by atoms with van der Waals surface area (Å²) in [6.45, 7) is 0. The Hall–Kier alpha value is -1.62. The van der Waals surface area contributed by atoms with Gasteiger partial charge in [-0.2, -0.15) is 5.10 Å². The normalized spacial score (nSPS) is 24.3. The number of aromatic amines is 1. The maximum Gasteiger partial charge on any atom is 0.153 e. The molecule has 3 heterocycles. The Kier molecular flexibility index (Phi) is 0.968. The zero-order valence-electron chi connectivity index (χ0n) is 6.11. The predicted molar refractivity (Wildman–Crippen MR) is 41.8 cm³/mol. The maximum atomic E-state index is 4.97. The topological polar surface area (TPSA) is 62.3 Å². The van der Waals surface area contributed by atoms with Crippen LogP contribution in [0.2, 0.25) is 0 Å². The van der Waals surface area contributed by atoms with Gasteiger partial charge in [0.05, 0.1) is 6.20 Å². The molecular weight excluding hydrogens is 156 g/mol. The van der Waals surface area contributed by atoms with Crippen molar-refractivity contribution in [2.75, 3.05) is 0 Å². The number of aliphatic imine (C=N–C) groups is 1. The number of nitrogens with one attached hydrogen (secondary N) is 2. The summed E-state index contributed by atoms with van der Waals surface area (Å²) in [4.78, 5) is 9.14. The molecular formula is C7H6N4O. The number of hydroxylamine groups is 1. The molecule has 60 valence electrons. The third kappa shape index (κ3) is 0.609. The lowest BCUT2D eigenvalue weighted by molar-refractivity contribution is 0.142. The monoisotopic (exact) mass is 162 g/mol. The molecule has 5 nitrogen and oxygen atoms in total. The largest absolute Gasteiger partial charge is 0.415 e. The van der Waals surface area contributed by atoms with Crippen molar-refractivity contribution in [3.8, 4) is 0 Å². The van der Waals surface area contributed by atoms with Gasteiger partial charge in [0.25, 0.3) is 0 Å². The number of H-pyrrole nitrogens is 1. The second kappa shape index (κ2) is 1.95. The molecule has 1 aromatic rings. The Bertz CT molecular complexity index is 379. The van der Waals surface area contributed by atoms with Crippen LogP contribution in [-0.2, 0) is 4.84 Å². The molecule has 1 aromatic heterocycles. The molecule has 0 fully saturated rings. The number of hydrogen-bond acceptors (Lipinski definition) is 4. The predicted octanol–water partition coefficient (Wildman–Crippen LogP) is 0.585. The average Bonchev–Trinajstić information content (AvgIpc) is 2.71. The molecule has 0 bridgehead atoms. The molecule has 0 radical (unpaired) electrons. The van der Waals surface area contributed by atoms with E-state index in [4.69, 9.17) is 4.84 Å². The van der Waals surface area contributed by atoms with Crippen LogP contribution < -0.4 is 5.48 Å². The summed E-state index contributed by atoms with van der Waals surface area (Å²) in [5, 5.41) is 6.70. The third-order valence-corrected chi connectivity index (χ3v) is 2.02. The van der Waals surface area contributed by atoms with E-state index < -0.39 is 0 Å². The van der Waals surface area contributed by atoms with Crippen molar-refractivity contribution in [2.24, 2.45) is 4.99 Å². The molecule has 0 aromatic carbocycles. The van der Waals surface area contributed by atoms with Gasteiger partial charge in [-0.1, -0.05) is 0 Å². The van der Waals surface area contributed by atoms with Gasteiger partial charge in [0.1, 0.15) is 12.3 Å². The standard InChI is InChI=1S/C7H6N4O/c1-4-3-12-11-6(4)5-2-9-10-7(5)8-1/h1-3,6,11H,(H,9,10). The highest BCUT2D eigenvalue weighted by atomic mass is 16.6. The molecule has 5 heteroatoms. The minimum Gasteiger partial charge on any atom is -0.415 e. The quantitative estimate of drug-likeness (QED) is 0.586. The molecule has 0 saturated heterocycles. The van der Waals surface area contributed by atoms with Gasteiger partial charge in [-0.25, -0.2) is 4.99 Å². The van der Waals surface area contributed by atoms with E-state index in [2.05, 4.69) is 20.7 Å². The minimum absolute atomic E-state index is 0.0937. The van der Waals surface area contributed by atoms with Crippen LogP contribution >= 0.6 is 0 Å². The van der Waals surface area contributed by atoms with Gasteiger partial charge in [0.2, 0.25) is 0 Å². The highest BCUT2D eigenvalue weighted by molar-refractivity contribution is 5.86. The molecule has 2 aliphatic rings. The molecule has 0 amide bonds. The molecule has 12 heavy (non-hydrogen) atoms. The van der Waals surface area contributed by atoms with Crippen molar-refractivity contribution >= 4 is 12.0 Å². The van der Waals surface area contributed by atoms with Crippen LogP contribution in [0.15, 0.2) is 23.0 Å². The van der Waals surface area contributed by atoms with Gasteiger partial charge in [-0.3, -0.25) is 5.10 Å². The number of nitrogens with zero attached hydrogens (tertiary/aromatic N) is 2. The molecule has 0 spiro atoms. The van der Waals surface area contributed by atoms with Crippen molar-refractivity contribution in [3.63, 3.8) is 0 Å². The number of hydrogen-bond donors (Lipinski definition) is 2. The Balaban J connectivity index is 2.20. The lowest BCUT2D eigenvalue weighted by Gasteiger charge is -2.12. The van der Waals surface area contributed by atoms with Crippen LogP contribution in [0.1, 0.15) is 11.6 Å². The Morgan fingerprint density at radius 1 is 1.50 bits per heavy atom. The molecule has 0 saturated carbocycles. The van der Waals surface area contributed by atoms with E-state index in [-0.39, 0.29) is 6.04 Å². The number of fused-ring (bicyclic) bond motifs is 3. The fourth-order valence-corrected chi connectivity index (χ4v) is 1.40. The lowest BCUT2D eigenvalue weighted by Crippen LogP contribution is -2.16. The van der Waals surface area contributed by atoms with Crippen molar-refractivity contribution in [3.05, 3.63) is 23.6 Å². The summed E-state index contributed by atoms with van der Waals surface area (Å²) in [6.07, 6.45) is 5.18. The highest BCUT2D eigenvalue weighted by Crippen LogP contribution is 2.33. The fraction of sp³-hybridized carbons (Fsp3) is 0.143. The van der Waals surface area contributed by atoms with Crippen molar-refractivity contribution in [1.82, 2.24) is 15.7 Å². The van der Waals surface area contributed by atoms with E-state index in [0.717, 1.165) is 17.0 Å². The van der Waals surface area contributed by atoms with Crippen LogP contribution in [0.3, 0.4) is 0 Å². The summed E-state index contributed by atoms with van der Waals surface area (Å²) in [7, 11) is 0. The number of aromatic nitrogens is 2. The molecule has 1 atom stereocenters. The zero-order valence-corrected chi connectivity index (χ0v) is 6.11. The average molecular weight is 162 g/mol. The second-order valence-electron chi connectivity index (χ2n) is 2.72. The lowest BCUT2D eigenvalue weighted by atomic mass is 10.0.